The van der Waals surface area contributed by atoms with Crippen LogP contribution in [0.5, 0.6) is 5.75 Å². The number of aliphatic hydroxyl groups is 1. The van der Waals surface area contributed by atoms with Crippen LogP contribution < -0.4 is 9.64 Å². The van der Waals surface area contributed by atoms with Crippen molar-refractivity contribution in [3.63, 3.8) is 0 Å². The zero-order chi connectivity index (χ0) is 23.4. The van der Waals surface area contributed by atoms with E-state index in [-0.39, 0.29) is 23.9 Å². The average molecular weight is 442 g/mol. The van der Waals surface area contributed by atoms with Gasteiger partial charge in [0.05, 0.1) is 17.7 Å². The van der Waals surface area contributed by atoms with E-state index in [4.69, 9.17) is 4.74 Å². The highest BCUT2D eigenvalue weighted by atomic mass is 16.5. The van der Waals surface area contributed by atoms with E-state index in [0.717, 1.165) is 11.1 Å². The molecule has 3 aromatic carbocycles. The summed E-state index contributed by atoms with van der Waals surface area (Å²) in [7, 11) is 0. The SMILES string of the molecule is CC(C)Oc1ccc(C2C(C(=O)CCc3ccccc3)=C(O)C(=O)N2c2ccccc2)cc1. The number of anilines is 1. The maximum atomic E-state index is 13.3. The molecular formula is C28H27NO4. The number of hydrogen-bond acceptors (Lipinski definition) is 4. The van der Waals surface area contributed by atoms with Gasteiger partial charge in [-0.25, -0.2) is 0 Å². The second-order valence-electron chi connectivity index (χ2n) is 8.32. The van der Waals surface area contributed by atoms with Crippen molar-refractivity contribution in [2.75, 3.05) is 4.90 Å². The number of ketones is 1. The van der Waals surface area contributed by atoms with Crippen LogP contribution >= 0.6 is 0 Å². The van der Waals surface area contributed by atoms with Crippen LogP contribution in [-0.2, 0) is 16.0 Å². The minimum atomic E-state index is -0.712. The lowest BCUT2D eigenvalue weighted by molar-refractivity contribution is -0.118. The van der Waals surface area contributed by atoms with E-state index in [1.54, 1.807) is 12.1 Å². The van der Waals surface area contributed by atoms with Gasteiger partial charge in [0, 0.05) is 12.1 Å². The number of carbonyl (C=O) groups excluding carboxylic acids is 2. The van der Waals surface area contributed by atoms with Crippen molar-refractivity contribution in [3.8, 4) is 5.75 Å². The molecule has 0 fully saturated rings. The molecule has 5 heteroatoms. The molecule has 0 bridgehead atoms. The highest BCUT2D eigenvalue weighted by Gasteiger charge is 2.44. The highest BCUT2D eigenvalue weighted by molar-refractivity contribution is 6.16. The van der Waals surface area contributed by atoms with Gasteiger partial charge < -0.3 is 9.84 Å². The van der Waals surface area contributed by atoms with Crippen molar-refractivity contribution in [1.29, 1.82) is 0 Å². The van der Waals surface area contributed by atoms with E-state index in [1.807, 2.05) is 86.6 Å². The Bertz CT molecular complexity index is 1150. The molecule has 4 rings (SSSR count). The first-order valence-corrected chi connectivity index (χ1v) is 11.1. The number of ether oxygens (including phenoxy) is 1. The number of rotatable bonds is 8. The molecule has 0 saturated carbocycles. The van der Waals surface area contributed by atoms with Gasteiger partial charge in [-0.3, -0.25) is 14.5 Å². The van der Waals surface area contributed by atoms with Crippen molar-refractivity contribution in [2.24, 2.45) is 0 Å². The predicted molar refractivity (Wildman–Crippen MR) is 128 cm³/mol. The fourth-order valence-corrected chi connectivity index (χ4v) is 4.10. The lowest BCUT2D eigenvalue weighted by Gasteiger charge is -2.27. The molecule has 1 atom stereocenters. The summed E-state index contributed by atoms with van der Waals surface area (Å²) in [6, 6.07) is 25.4. The van der Waals surface area contributed by atoms with Crippen molar-refractivity contribution >= 4 is 17.4 Å². The van der Waals surface area contributed by atoms with Crippen molar-refractivity contribution in [2.45, 2.75) is 38.8 Å². The third-order valence-electron chi connectivity index (χ3n) is 5.59. The summed E-state index contributed by atoms with van der Waals surface area (Å²) in [5.74, 6) is -0.591. The molecule has 1 aliphatic rings. The molecule has 1 aliphatic heterocycles. The fraction of sp³-hybridized carbons (Fsp3) is 0.214. The van der Waals surface area contributed by atoms with Crippen LogP contribution in [0.15, 0.2) is 96.3 Å². The summed E-state index contributed by atoms with van der Waals surface area (Å²) in [6.45, 7) is 3.90. The molecule has 0 aliphatic carbocycles. The van der Waals surface area contributed by atoms with Crippen LogP contribution in [-0.4, -0.2) is 22.9 Å². The van der Waals surface area contributed by atoms with E-state index >= 15 is 0 Å². The zero-order valence-electron chi connectivity index (χ0n) is 18.8. The summed E-state index contributed by atoms with van der Waals surface area (Å²) < 4.78 is 5.74. The Morgan fingerprint density at radius 3 is 2.15 bits per heavy atom. The number of para-hydroxylation sites is 1. The summed E-state index contributed by atoms with van der Waals surface area (Å²) in [5, 5.41) is 10.8. The second-order valence-corrected chi connectivity index (χ2v) is 8.32. The van der Waals surface area contributed by atoms with Gasteiger partial charge in [0.1, 0.15) is 5.75 Å². The Labute approximate surface area is 193 Å². The maximum Gasteiger partial charge on any atom is 0.294 e. The van der Waals surface area contributed by atoms with Gasteiger partial charge in [0.15, 0.2) is 11.5 Å². The van der Waals surface area contributed by atoms with Crippen LogP contribution in [0.4, 0.5) is 5.69 Å². The largest absolute Gasteiger partial charge is 0.503 e. The van der Waals surface area contributed by atoms with Crippen LogP contribution in [0.1, 0.15) is 37.4 Å². The van der Waals surface area contributed by atoms with Gasteiger partial charge in [-0.15, -0.1) is 0 Å². The summed E-state index contributed by atoms with van der Waals surface area (Å²) in [6.07, 6.45) is 0.762. The van der Waals surface area contributed by atoms with Crippen molar-refractivity contribution < 1.29 is 19.4 Å². The van der Waals surface area contributed by atoms with Gasteiger partial charge in [0.2, 0.25) is 0 Å². The molecule has 1 unspecified atom stereocenters. The maximum absolute atomic E-state index is 13.3. The molecule has 1 amide bonds. The third kappa shape index (κ3) is 4.82. The molecule has 0 spiro atoms. The monoisotopic (exact) mass is 441 g/mol. The first-order valence-electron chi connectivity index (χ1n) is 11.1. The quantitative estimate of drug-likeness (QED) is 0.496. The molecule has 168 valence electrons. The number of hydrogen-bond donors (Lipinski definition) is 1. The Balaban J connectivity index is 1.69. The van der Waals surface area contributed by atoms with E-state index < -0.39 is 17.7 Å². The number of nitrogens with zero attached hydrogens (tertiary/aromatic N) is 1. The smallest absolute Gasteiger partial charge is 0.294 e. The average Bonchev–Trinajstić information content (AvgIpc) is 3.09. The second kappa shape index (κ2) is 9.74. The molecule has 0 radical (unpaired) electrons. The van der Waals surface area contributed by atoms with E-state index in [1.165, 1.54) is 4.90 Å². The number of Topliss-reactive ketones (excluding diaryl/α,β-unsaturated/α-hetero) is 1. The number of amides is 1. The predicted octanol–water partition coefficient (Wildman–Crippen LogP) is 5.58. The van der Waals surface area contributed by atoms with Crippen LogP contribution in [0, 0.1) is 0 Å². The normalized spacial score (nSPS) is 15.9. The van der Waals surface area contributed by atoms with Crippen LogP contribution in [0.3, 0.4) is 0 Å². The van der Waals surface area contributed by atoms with Crippen molar-refractivity contribution in [1.82, 2.24) is 0 Å². The Morgan fingerprint density at radius 2 is 1.55 bits per heavy atom. The molecule has 3 aromatic rings. The highest BCUT2D eigenvalue weighted by Crippen LogP contribution is 2.41. The van der Waals surface area contributed by atoms with E-state index in [2.05, 4.69) is 0 Å². The lowest BCUT2D eigenvalue weighted by atomic mass is 9.93. The first-order chi connectivity index (χ1) is 16.0. The molecule has 0 aromatic heterocycles. The standard InChI is InChI=1S/C28H27NO4/c1-19(2)33-23-16-14-21(15-17-23)26-25(24(30)18-13-20-9-5-3-6-10-20)27(31)28(32)29(26)22-11-7-4-8-12-22/h3-12,14-17,19,26,31H,13,18H2,1-2H3. The molecule has 33 heavy (non-hydrogen) atoms. The molecule has 1 N–H and O–H groups in total. The summed E-state index contributed by atoms with van der Waals surface area (Å²) in [4.78, 5) is 27.9. The number of benzene rings is 3. The molecule has 1 heterocycles. The van der Waals surface area contributed by atoms with Crippen molar-refractivity contribution in [3.05, 3.63) is 107 Å². The zero-order valence-corrected chi connectivity index (χ0v) is 18.8. The van der Waals surface area contributed by atoms with Crippen LogP contribution in [0.2, 0.25) is 0 Å². The van der Waals surface area contributed by atoms with Gasteiger partial charge in [0.25, 0.3) is 5.91 Å². The van der Waals surface area contributed by atoms with Gasteiger partial charge >= 0.3 is 0 Å². The minimum absolute atomic E-state index is 0.0313. The summed E-state index contributed by atoms with van der Waals surface area (Å²) >= 11 is 0. The van der Waals surface area contributed by atoms with Gasteiger partial charge in [-0.1, -0.05) is 60.7 Å². The molecule has 5 nitrogen and oxygen atoms in total. The molecule has 0 saturated heterocycles. The third-order valence-corrected chi connectivity index (χ3v) is 5.59. The lowest BCUT2D eigenvalue weighted by Crippen LogP contribution is -2.31. The summed E-state index contributed by atoms with van der Waals surface area (Å²) in [5.41, 5.74) is 2.52. The number of aryl methyl sites for hydroxylation is 1. The Morgan fingerprint density at radius 1 is 0.939 bits per heavy atom. The first kappa shape index (κ1) is 22.3. The Hall–Kier alpha value is -3.86. The molecular weight excluding hydrogens is 414 g/mol. The fourth-order valence-electron chi connectivity index (χ4n) is 4.10. The van der Waals surface area contributed by atoms with Gasteiger partial charge in [-0.05, 0) is 55.7 Å². The van der Waals surface area contributed by atoms with Crippen LogP contribution in [0.25, 0.3) is 0 Å². The minimum Gasteiger partial charge on any atom is -0.503 e. The topological polar surface area (TPSA) is 66.8 Å². The number of carbonyl (C=O) groups is 2. The Kier molecular flexibility index (Phi) is 6.59. The van der Waals surface area contributed by atoms with E-state index in [9.17, 15) is 14.7 Å². The number of aliphatic hydroxyl groups excluding tert-OH is 1. The van der Waals surface area contributed by atoms with Gasteiger partial charge in [-0.2, -0.15) is 0 Å². The van der Waals surface area contributed by atoms with E-state index in [0.29, 0.717) is 17.9 Å².